The van der Waals surface area contributed by atoms with E-state index in [0.717, 1.165) is 16.3 Å². The van der Waals surface area contributed by atoms with Crippen molar-refractivity contribution >= 4 is 28.6 Å². The summed E-state index contributed by atoms with van der Waals surface area (Å²) < 4.78 is 17.4. The second-order valence-corrected chi connectivity index (χ2v) is 12.1. The number of amides is 2. The van der Waals surface area contributed by atoms with Crippen LogP contribution in [0.25, 0.3) is 10.8 Å². The standard InChI is InChI=1S/C33H38N2O6/c1-21-33(31(38)39-5)18-24(16-29(36)34-19-23-12-8-11-22-10-6-7-14-26(22)23)30(37)35(20-25-13-9-15-40-25)27(33)17-28(41-21)32(2,3)4/h6-15,17,21,24,28H,16,18-20H2,1-5H3,(H,34,36)/t21-,24+,28-,33+/m1/s1. The van der Waals surface area contributed by atoms with E-state index in [2.05, 4.69) is 26.1 Å². The average Bonchev–Trinajstić information content (AvgIpc) is 3.46. The largest absolute Gasteiger partial charge is 0.468 e. The van der Waals surface area contributed by atoms with Crippen LogP contribution < -0.4 is 5.32 Å². The predicted octanol–water partition coefficient (Wildman–Crippen LogP) is 5.36. The van der Waals surface area contributed by atoms with Gasteiger partial charge in [0.15, 0.2) is 0 Å². The molecule has 216 valence electrons. The zero-order valence-corrected chi connectivity index (χ0v) is 24.3. The first-order chi connectivity index (χ1) is 19.5. The topological polar surface area (TPSA) is 98.1 Å². The summed E-state index contributed by atoms with van der Waals surface area (Å²) in [6.45, 7) is 8.47. The van der Waals surface area contributed by atoms with Gasteiger partial charge in [-0.15, -0.1) is 0 Å². The van der Waals surface area contributed by atoms with Crippen LogP contribution in [0.15, 0.2) is 77.1 Å². The van der Waals surface area contributed by atoms with Crippen LogP contribution in [0.4, 0.5) is 0 Å². The third-order valence-electron chi connectivity index (χ3n) is 8.37. The van der Waals surface area contributed by atoms with Gasteiger partial charge in [0.25, 0.3) is 0 Å². The molecule has 4 atom stereocenters. The Kier molecular flexibility index (Phi) is 7.79. The summed E-state index contributed by atoms with van der Waals surface area (Å²) in [4.78, 5) is 42.6. The molecule has 2 amide bonds. The molecule has 8 heteroatoms. The number of likely N-dealkylation sites (tertiary alicyclic amines) is 1. The molecule has 1 N–H and O–H groups in total. The Labute approximate surface area is 240 Å². The maximum absolute atomic E-state index is 14.1. The Morgan fingerprint density at radius 3 is 2.56 bits per heavy atom. The lowest BCUT2D eigenvalue weighted by atomic mass is 9.65. The molecule has 0 saturated carbocycles. The molecule has 41 heavy (non-hydrogen) atoms. The summed E-state index contributed by atoms with van der Waals surface area (Å²) in [5.74, 6) is -1.16. The van der Waals surface area contributed by atoms with Gasteiger partial charge in [-0.2, -0.15) is 0 Å². The van der Waals surface area contributed by atoms with E-state index in [4.69, 9.17) is 13.9 Å². The van der Waals surface area contributed by atoms with E-state index in [-0.39, 0.29) is 42.7 Å². The van der Waals surface area contributed by atoms with Crippen molar-refractivity contribution in [2.75, 3.05) is 7.11 Å². The summed E-state index contributed by atoms with van der Waals surface area (Å²) >= 11 is 0. The summed E-state index contributed by atoms with van der Waals surface area (Å²) in [7, 11) is 1.34. The second-order valence-electron chi connectivity index (χ2n) is 12.1. The Hall–Kier alpha value is -3.91. The minimum atomic E-state index is -1.25. The van der Waals surface area contributed by atoms with Crippen LogP contribution in [0, 0.1) is 16.7 Å². The van der Waals surface area contributed by atoms with Crippen molar-refractivity contribution in [3.05, 3.63) is 84.0 Å². The van der Waals surface area contributed by atoms with Crippen molar-refractivity contribution in [2.24, 2.45) is 16.7 Å². The number of ether oxygens (including phenoxy) is 2. The molecule has 3 heterocycles. The van der Waals surface area contributed by atoms with Gasteiger partial charge in [0.1, 0.15) is 11.2 Å². The molecule has 0 bridgehead atoms. The van der Waals surface area contributed by atoms with Crippen LogP contribution in [0.2, 0.25) is 0 Å². The first-order valence-electron chi connectivity index (χ1n) is 14.1. The molecule has 0 unspecified atom stereocenters. The van der Waals surface area contributed by atoms with E-state index in [0.29, 0.717) is 18.0 Å². The number of furan rings is 1. The van der Waals surface area contributed by atoms with E-state index in [9.17, 15) is 14.4 Å². The molecular weight excluding hydrogens is 520 g/mol. The van der Waals surface area contributed by atoms with Crippen molar-refractivity contribution < 1.29 is 28.3 Å². The fourth-order valence-electron chi connectivity index (χ4n) is 6.10. The molecule has 0 aliphatic carbocycles. The number of carbonyl (C=O) groups is 3. The molecule has 1 saturated heterocycles. The summed E-state index contributed by atoms with van der Waals surface area (Å²) in [6.07, 6.45) is 2.55. The first kappa shape index (κ1) is 28.6. The average molecular weight is 559 g/mol. The van der Waals surface area contributed by atoms with Crippen LogP contribution >= 0.6 is 0 Å². The van der Waals surface area contributed by atoms with Crippen molar-refractivity contribution in [1.29, 1.82) is 0 Å². The highest BCUT2D eigenvalue weighted by Gasteiger charge is 2.60. The number of piperidine rings is 1. The summed E-state index contributed by atoms with van der Waals surface area (Å²) in [5.41, 5.74) is 0.0141. The predicted molar refractivity (Wildman–Crippen MR) is 154 cm³/mol. The van der Waals surface area contributed by atoms with E-state index in [1.807, 2.05) is 55.5 Å². The van der Waals surface area contributed by atoms with Crippen LogP contribution in [-0.4, -0.2) is 42.0 Å². The van der Waals surface area contributed by atoms with Crippen LogP contribution in [0.5, 0.6) is 0 Å². The zero-order valence-electron chi connectivity index (χ0n) is 24.3. The van der Waals surface area contributed by atoms with Crippen LogP contribution in [0.3, 0.4) is 0 Å². The van der Waals surface area contributed by atoms with Gasteiger partial charge in [0.2, 0.25) is 11.8 Å². The van der Waals surface area contributed by atoms with Gasteiger partial charge >= 0.3 is 5.97 Å². The number of fused-ring (bicyclic) bond motifs is 2. The Morgan fingerprint density at radius 2 is 1.85 bits per heavy atom. The Bertz CT molecular complexity index is 1470. The van der Waals surface area contributed by atoms with Crippen molar-refractivity contribution in [3.8, 4) is 0 Å². The number of nitrogens with one attached hydrogen (secondary N) is 1. The van der Waals surface area contributed by atoms with Crippen LogP contribution in [0.1, 0.15) is 51.9 Å². The minimum Gasteiger partial charge on any atom is -0.468 e. The molecule has 2 aromatic carbocycles. The van der Waals surface area contributed by atoms with E-state index in [1.54, 1.807) is 23.3 Å². The highest BCUT2D eigenvalue weighted by molar-refractivity contribution is 5.93. The molecule has 0 radical (unpaired) electrons. The molecule has 2 aliphatic heterocycles. The van der Waals surface area contributed by atoms with E-state index in [1.165, 1.54) is 7.11 Å². The lowest BCUT2D eigenvalue weighted by molar-refractivity contribution is -0.180. The second kappa shape index (κ2) is 11.2. The van der Waals surface area contributed by atoms with Crippen molar-refractivity contribution in [3.63, 3.8) is 0 Å². The van der Waals surface area contributed by atoms with Gasteiger partial charge in [0.05, 0.1) is 32.1 Å². The number of hydrogen-bond donors (Lipinski definition) is 1. The first-order valence-corrected chi connectivity index (χ1v) is 14.1. The monoisotopic (exact) mass is 558 g/mol. The highest BCUT2D eigenvalue weighted by Crippen LogP contribution is 2.52. The number of nitrogens with zero attached hydrogens (tertiary/aromatic N) is 1. The highest BCUT2D eigenvalue weighted by atomic mass is 16.5. The summed E-state index contributed by atoms with van der Waals surface area (Å²) in [5, 5.41) is 5.15. The SMILES string of the molecule is COC(=O)[C@]12C[C@H](CC(=O)NCc3cccc4ccccc34)C(=O)N(Cc3ccco3)C1=C[C@H](C(C)(C)C)O[C@@H]2C. The Morgan fingerprint density at radius 1 is 1.10 bits per heavy atom. The van der Waals surface area contributed by atoms with Crippen LogP contribution in [-0.2, 0) is 36.9 Å². The number of esters is 1. The van der Waals surface area contributed by atoms with Gasteiger partial charge < -0.3 is 24.1 Å². The molecule has 0 spiro atoms. The molecule has 2 aliphatic rings. The molecular formula is C33H38N2O6. The van der Waals surface area contributed by atoms with Gasteiger partial charge in [-0.3, -0.25) is 14.4 Å². The number of carbonyl (C=O) groups excluding carboxylic acids is 3. The maximum atomic E-state index is 14.1. The molecule has 1 aromatic heterocycles. The number of benzene rings is 2. The zero-order chi connectivity index (χ0) is 29.4. The van der Waals surface area contributed by atoms with Crippen molar-refractivity contribution in [2.45, 2.75) is 65.8 Å². The lowest BCUT2D eigenvalue weighted by Crippen LogP contribution is -2.60. The lowest BCUT2D eigenvalue weighted by Gasteiger charge is -2.52. The quantitative estimate of drug-likeness (QED) is 0.392. The molecule has 8 nitrogen and oxygen atoms in total. The third-order valence-corrected chi connectivity index (χ3v) is 8.37. The van der Waals surface area contributed by atoms with Crippen molar-refractivity contribution in [1.82, 2.24) is 10.2 Å². The fourth-order valence-corrected chi connectivity index (χ4v) is 6.10. The van der Waals surface area contributed by atoms with Gasteiger partial charge in [-0.05, 0) is 53.3 Å². The number of methoxy groups -OCH3 is 1. The minimum absolute atomic E-state index is 0.0697. The van der Waals surface area contributed by atoms with Gasteiger partial charge in [-0.25, -0.2) is 0 Å². The Balaban J connectivity index is 1.46. The molecule has 3 aromatic rings. The number of hydrogen-bond acceptors (Lipinski definition) is 6. The molecule has 1 fully saturated rings. The van der Waals surface area contributed by atoms with E-state index < -0.39 is 23.4 Å². The van der Waals surface area contributed by atoms with Gasteiger partial charge in [-0.1, -0.05) is 63.2 Å². The number of rotatable bonds is 7. The summed E-state index contributed by atoms with van der Waals surface area (Å²) in [6, 6.07) is 17.5. The fraction of sp³-hybridized carbons (Fsp3) is 0.424. The van der Waals surface area contributed by atoms with Gasteiger partial charge in [0, 0.05) is 24.6 Å². The maximum Gasteiger partial charge on any atom is 0.320 e. The smallest absolute Gasteiger partial charge is 0.320 e. The third kappa shape index (κ3) is 5.40. The molecule has 5 rings (SSSR count). The normalized spacial score (nSPS) is 24.5. The van der Waals surface area contributed by atoms with E-state index >= 15 is 0 Å².